The Balaban J connectivity index is 0.00000323. The Bertz CT molecular complexity index is 1810. The first-order chi connectivity index (χ1) is 18.8. The SMILES string of the molecule is C=C(C)c1ccc2o[c-]c(-c3nc4ccccc4n3-c3c(C(C)C)cc(-c4ccccc4)cc3C(C)C)c2c1.[Ir]. The van der Waals surface area contributed by atoms with Gasteiger partial charge in [-0.05, 0) is 70.8 Å². The summed E-state index contributed by atoms with van der Waals surface area (Å²) in [5.41, 5.74) is 12.0. The zero-order chi connectivity index (χ0) is 27.3. The molecule has 0 aliphatic carbocycles. The normalized spacial score (nSPS) is 11.5. The summed E-state index contributed by atoms with van der Waals surface area (Å²) in [6.45, 7) is 15.3. The molecule has 0 bridgehead atoms. The molecule has 0 atom stereocenters. The van der Waals surface area contributed by atoms with Crippen LogP contribution in [0, 0.1) is 6.26 Å². The topological polar surface area (TPSA) is 31.0 Å². The van der Waals surface area contributed by atoms with Crippen molar-refractivity contribution in [2.45, 2.75) is 46.5 Å². The molecule has 203 valence electrons. The van der Waals surface area contributed by atoms with Gasteiger partial charge in [0.2, 0.25) is 0 Å². The molecule has 40 heavy (non-hydrogen) atoms. The molecule has 0 N–H and O–H groups in total. The average Bonchev–Trinajstić information content (AvgIpc) is 3.53. The van der Waals surface area contributed by atoms with Crippen LogP contribution < -0.4 is 0 Å². The second kappa shape index (κ2) is 11.0. The van der Waals surface area contributed by atoms with Crippen molar-refractivity contribution in [3.63, 3.8) is 0 Å². The Hall–Kier alpha value is -3.72. The molecular weight excluding hydrogens is 669 g/mol. The summed E-state index contributed by atoms with van der Waals surface area (Å²) in [4.78, 5) is 5.19. The third kappa shape index (κ3) is 4.76. The molecule has 0 saturated carbocycles. The molecular formula is C36H33IrN2O-. The summed E-state index contributed by atoms with van der Waals surface area (Å²) in [5, 5.41) is 0.991. The molecule has 1 radical (unpaired) electrons. The zero-order valence-electron chi connectivity index (χ0n) is 23.6. The van der Waals surface area contributed by atoms with Crippen molar-refractivity contribution in [2.24, 2.45) is 0 Å². The first kappa shape index (κ1) is 27.8. The van der Waals surface area contributed by atoms with E-state index in [2.05, 4.69) is 112 Å². The number of imidazole rings is 1. The van der Waals surface area contributed by atoms with Gasteiger partial charge in [0.15, 0.2) is 0 Å². The number of allylic oxidation sites excluding steroid dienone is 1. The van der Waals surface area contributed by atoms with Gasteiger partial charge in [-0.25, -0.2) is 0 Å². The third-order valence-electron chi connectivity index (χ3n) is 7.53. The Morgan fingerprint density at radius 1 is 0.825 bits per heavy atom. The average molecular weight is 702 g/mol. The van der Waals surface area contributed by atoms with E-state index in [-0.39, 0.29) is 20.1 Å². The summed E-state index contributed by atoms with van der Waals surface area (Å²) in [6.07, 6.45) is 3.21. The number of aromatic nitrogens is 2. The second-order valence-electron chi connectivity index (χ2n) is 11.0. The van der Waals surface area contributed by atoms with E-state index in [1.807, 2.05) is 25.1 Å². The van der Waals surface area contributed by atoms with E-state index >= 15 is 0 Å². The summed E-state index contributed by atoms with van der Waals surface area (Å²) >= 11 is 0. The van der Waals surface area contributed by atoms with Gasteiger partial charge in [-0.15, -0.1) is 0 Å². The molecule has 2 aromatic heterocycles. The number of nitrogens with zero attached hydrogens (tertiary/aromatic N) is 2. The Morgan fingerprint density at radius 2 is 1.48 bits per heavy atom. The molecule has 0 fully saturated rings. The minimum atomic E-state index is 0. The molecule has 0 unspecified atom stereocenters. The first-order valence-electron chi connectivity index (χ1n) is 13.6. The van der Waals surface area contributed by atoms with Crippen LogP contribution in [0.3, 0.4) is 0 Å². The fraction of sp³-hybridized carbons (Fsp3) is 0.194. The van der Waals surface area contributed by atoms with Crippen LogP contribution in [0.15, 0.2) is 95.9 Å². The predicted octanol–water partition coefficient (Wildman–Crippen LogP) is 10.2. The van der Waals surface area contributed by atoms with Gasteiger partial charge >= 0.3 is 0 Å². The van der Waals surface area contributed by atoms with Gasteiger partial charge in [-0.2, -0.15) is 0 Å². The van der Waals surface area contributed by atoms with E-state index < -0.39 is 0 Å². The van der Waals surface area contributed by atoms with E-state index in [1.54, 1.807) is 0 Å². The van der Waals surface area contributed by atoms with E-state index in [9.17, 15) is 0 Å². The van der Waals surface area contributed by atoms with Crippen molar-refractivity contribution in [3.05, 3.63) is 114 Å². The van der Waals surface area contributed by atoms with Crippen molar-refractivity contribution in [3.8, 4) is 28.2 Å². The molecule has 0 aliphatic heterocycles. The zero-order valence-corrected chi connectivity index (χ0v) is 26.0. The number of benzene rings is 4. The van der Waals surface area contributed by atoms with Crippen molar-refractivity contribution >= 4 is 27.6 Å². The second-order valence-corrected chi connectivity index (χ2v) is 11.0. The monoisotopic (exact) mass is 702 g/mol. The van der Waals surface area contributed by atoms with Crippen molar-refractivity contribution in [1.29, 1.82) is 0 Å². The van der Waals surface area contributed by atoms with Crippen LogP contribution in [0.1, 0.15) is 63.1 Å². The van der Waals surface area contributed by atoms with Crippen LogP contribution in [-0.4, -0.2) is 9.55 Å². The van der Waals surface area contributed by atoms with Crippen LogP contribution in [0.2, 0.25) is 0 Å². The van der Waals surface area contributed by atoms with E-state index in [1.165, 1.54) is 27.9 Å². The summed E-state index contributed by atoms with van der Waals surface area (Å²) < 4.78 is 8.29. The number of hydrogen-bond acceptors (Lipinski definition) is 2. The first-order valence-corrected chi connectivity index (χ1v) is 13.6. The smallest absolute Gasteiger partial charge is 0.0774 e. The van der Waals surface area contributed by atoms with Crippen LogP contribution in [0.5, 0.6) is 0 Å². The third-order valence-corrected chi connectivity index (χ3v) is 7.53. The number of hydrogen-bond donors (Lipinski definition) is 0. The van der Waals surface area contributed by atoms with Gasteiger partial charge < -0.3 is 8.98 Å². The van der Waals surface area contributed by atoms with Crippen LogP contribution >= 0.6 is 0 Å². The maximum absolute atomic E-state index is 5.95. The summed E-state index contributed by atoms with van der Waals surface area (Å²) in [7, 11) is 0. The summed E-state index contributed by atoms with van der Waals surface area (Å²) in [6, 6.07) is 29.9. The van der Waals surface area contributed by atoms with Crippen molar-refractivity contribution in [1.82, 2.24) is 9.55 Å². The standard InChI is InChI=1S/C36H33N2O.Ir/c1-22(2)26-16-17-34-30(18-26)31(21-39-34)36-37-32-14-10-11-15-33(32)38(36)35-28(23(3)4)19-27(20-29(35)24(5)6)25-12-8-7-9-13-25;/h7-20,23-24H,1H2,2-6H3;/q-1;. The molecule has 4 heteroatoms. The van der Waals surface area contributed by atoms with E-state index in [4.69, 9.17) is 9.40 Å². The molecule has 6 aromatic rings. The van der Waals surface area contributed by atoms with Gasteiger partial charge in [0.1, 0.15) is 0 Å². The van der Waals surface area contributed by atoms with E-state index in [0.717, 1.165) is 44.5 Å². The molecule has 4 aromatic carbocycles. The van der Waals surface area contributed by atoms with Crippen molar-refractivity contribution < 1.29 is 24.5 Å². The summed E-state index contributed by atoms with van der Waals surface area (Å²) in [5.74, 6) is 1.44. The van der Waals surface area contributed by atoms with Crippen LogP contribution in [-0.2, 0) is 20.1 Å². The molecule has 6 rings (SSSR count). The fourth-order valence-corrected chi connectivity index (χ4v) is 5.44. The van der Waals surface area contributed by atoms with Crippen molar-refractivity contribution in [2.75, 3.05) is 0 Å². The van der Waals surface area contributed by atoms with Gasteiger partial charge in [-0.3, -0.25) is 4.98 Å². The number of fused-ring (bicyclic) bond motifs is 2. The Kier molecular flexibility index (Phi) is 7.68. The predicted molar refractivity (Wildman–Crippen MR) is 163 cm³/mol. The van der Waals surface area contributed by atoms with Gasteiger partial charge in [0.05, 0.1) is 16.9 Å². The van der Waals surface area contributed by atoms with Gasteiger partial charge in [0.25, 0.3) is 0 Å². The molecule has 0 saturated heterocycles. The molecule has 0 amide bonds. The minimum absolute atomic E-state index is 0. The molecule has 0 spiro atoms. The van der Waals surface area contributed by atoms with Crippen LogP contribution in [0.25, 0.3) is 55.8 Å². The number of para-hydroxylation sites is 2. The molecule has 3 nitrogen and oxygen atoms in total. The molecule has 2 heterocycles. The minimum Gasteiger partial charge on any atom is -0.557 e. The largest absolute Gasteiger partial charge is 0.557 e. The fourth-order valence-electron chi connectivity index (χ4n) is 5.44. The van der Waals surface area contributed by atoms with Crippen LogP contribution in [0.4, 0.5) is 0 Å². The van der Waals surface area contributed by atoms with Gasteiger partial charge in [0, 0.05) is 37.6 Å². The number of rotatable bonds is 6. The Labute approximate surface area is 249 Å². The maximum atomic E-state index is 5.95. The molecule has 0 aliphatic rings. The maximum Gasteiger partial charge on any atom is 0.0774 e. The van der Waals surface area contributed by atoms with E-state index in [0.29, 0.717) is 11.8 Å². The number of furan rings is 1. The Morgan fingerprint density at radius 3 is 2.12 bits per heavy atom. The van der Waals surface area contributed by atoms with Gasteiger partial charge in [-0.1, -0.05) is 111 Å². The quantitative estimate of drug-likeness (QED) is 0.162.